The molecule has 0 saturated carbocycles. The SMILES string of the molecule is CCc1nn(C)cc1NS(=O)(=O)c1cc(C(=O)O)oc1Br. The highest BCUT2D eigenvalue weighted by molar-refractivity contribution is 9.10. The lowest BCUT2D eigenvalue weighted by molar-refractivity contribution is 0.0661. The molecule has 0 radical (unpaired) electrons. The zero-order valence-corrected chi connectivity index (χ0v) is 13.5. The van der Waals surface area contributed by atoms with Crippen LogP contribution in [0.2, 0.25) is 0 Å². The van der Waals surface area contributed by atoms with Crippen LogP contribution in [0.5, 0.6) is 0 Å². The standard InChI is InChI=1S/C11H12BrN3O5S/c1-3-6-7(5-15(2)13-6)14-21(18,19)9-4-8(11(16)17)20-10(9)12/h4-5,14H,3H2,1-2H3,(H,16,17). The number of nitrogens with zero attached hydrogens (tertiary/aromatic N) is 2. The number of anilines is 1. The Morgan fingerprint density at radius 3 is 2.76 bits per heavy atom. The number of aryl methyl sites for hydroxylation is 2. The first kappa shape index (κ1) is 15.6. The van der Waals surface area contributed by atoms with Crippen LogP contribution >= 0.6 is 15.9 Å². The van der Waals surface area contributed by atoms with E-state index in [0.717, 1.165) is 6.07 Å². The summed E-state index contributed by atoms with van der Waals surface area (Å²) >= 11 is 2.91. The van der Waals surface area contributed by atoms with Crippen LogP contribution < -0.4 is 4.72 Å². The summed E-state index contributed by atoms with van der Waals surface area (Å²) in [6.07, 6.45) is 2.08. The van der Waals surface area contributed by atoms with Crippen molar-refractivity contribution in [2.24, 2.45) is 7.05 Å². The summed E-state index contributed by atoms with van der Waals surface area (Å²) in [5.74, 6) is -1.82. The highest BCUT2D eigenvalue weighted by Gasteiger charge is 2.26. The molecule has 0 amide bonds. The number of aromatic carboxylic acids is 1. The minimum Gasteiger partial charge on any atom is -0.475 e. The zero-order chi connectivity index (χ0) is 15.8. The van der Waals surface area contributed by atoms with E-state index in [1.165, 1.54) is 10.9 Å². The fraction of sp³-hybridized carbons (Fsp3) is 0.273. The average Bonchev–Trinajstić information content (AvgIpc) is 2.92. The number of carboxylic acid groups (broad SMARTS) is 1. The van der Waals surface area contributed by atoms with Crippen LogP contribution in [0, 0.1) is 0 Å². The van der Waals surface area contributed by atoms with Crippen molar-refractivity contribution < 1.29 is 22.7 Å². The fourth-order valence-electron chi connectivity index (χ4n) is 1.72. The molecule has 0 aliphatic carbocycles. The Morgan fingerprint density at radius 2 is 2.24 bits per heavy atom. The Kier molecular flexibility index (Phi) is 4.10. The molecule has 2 rings (SSSR count). The van der Waals surface area contributed by atoms with Crippen LogP contribution in [0.3, 0.4) is 0 Å². The quantitative estimate of drug-likeness (QED) is 0.821. The summed E-state index contributed by atoms with van der Waals surface area (Å²) < 4.78 is 33.1. The lowest BCUT2D eigenvalue weighted by Gasteiger charge is -2.05. The third kappa shape index (κ3) is 3.10. The number of hydrogen-bond acceptors (Lipinski definition) is 5. The number of hydrogen-bond donors (Lipinski definition) is 2. The lowest BCUT2D eigenvalue weighted by Crippen LogP contribution is -2.13. The Balaban J connectivity index is 2.40. The molecule has 2 N–H and O–H groups in total. The van der Waals surface area contributed by atoms with Crippen molar-refractivity contribution in [1.29, 1.82) is 0 Å². The Hall–Kier alpha value is -1.81. The molecule has 8 nitrogen and oxygen atoms in total. The van der Waals surface area contributed by atoms with Gasteiger partial charge in [-0.05, 0) is 22.4 Å². The second-order valence-corrected chi connectivity index (χ2v) is 6.55. The van der Waals surface area contributed by atoms with Gasteiger partial charge in [0, 0.05) is 19.3 Å². The third-order valence-corrected chi connectivity index (χ3v) is 4.86. The first-order chi connectivity index (χ1) is 9.74. The first-order valence-corrected chi connectivity index (χ1v) is 8.10. The third-order valence-electron chi connectivity index (χ3n) is 2.64. The molecule has 0 aliphatic rings. The van der Waals surface area contributed by atoms with Crippen molar-refractivity contribution in [3.63, 3.8) is 0 Å². The van der Waals surface area contributed by atoms with Gasteiger partial charge in [0.15, 0.2) is 4.67 Å². The van der Waals surface area contributed by atoms with Gasteiger partial charge in [0.1, 0.15) is 4.90 Å². The van der Waals surface area contributed by atoms with Gasteiger partial charge in [-0.1, -0.05) is 6.92 Å². The molecule has 2 heterocycles. The van der Waals surface area contributed by atoms with Crippen molar-refractivity contribution in [2.45, 2.75) is 18.2 Å². The molecule has 0 aliphatic heterocycles. The molecule has 0 aromatic carbocycles. The second-order valence-electron chi connectivity index (χ2n) is 4.18. The van der Waals surface area contributed by atoms with E-state index in [1.807, 2.05) is 6.92 Å². The topological polar surface area (TPSA) is 114 Å². The molecule has 114 valence electrons. The maximum Gasteiger partial charge on any atom is 0.371 e. The molecule has 0 fully saturated rings. The minimum absolute atomic E-state index is 0.172. The molecule has 2 aromatic rings. The summed E-state index contributed by atoms with van der Waals surface area (Å²) in [6, 6.07) is 0.941. The maximum atomic E-state index is 12.3. The summed E-state index contributed by atoms with van der Waals surface area (Å²) in [7, 11) is -2.31. The Labute approximate surface area is 128 Å². The molecule has 0 spiro atoms. The van der Waals surface area contributed by atoms with E-state index in [0.29, 0.717) is 17.8 Å². The zero-order valence-electron chi connectivity index (χ0n) is 11.1. The van der Waals surface area contributed by atoms with Crippen molar-refractivity contribution in [1.82, 2.24) is 9.78 Å². The number of aromatic nitrogens is 2. The Morgan fingerprint density at radius 1 is 1.57 bits per heavy atom. The van der Waals surface area contributed by atoms with Gasteiger partial charge in [0.25, 0.3) is 10.0 Å². The highest BCUT2D eigenvalue weighted by Crippen LogP contribution is 2.28. The molecule has 0 saturated heterocycles. The van der Waals surface area contributed by atoms with Gasteiger partial charge in [-0.3, -0.25) is 9.40 Å². The van der Waals surface area contributed by atoms with Crippen LogP contribution in [0.1, 0.15) is 23.2 Å². The maximum absolute atomic E-state index is 12.3. The number of sulfonamides is 1. The van der Waals surface area contributed by atoms with Crippen LogP contribution in [-0.4, -0.2) is 29.3 Å². The summed E-state index contributed by atoms with van der Waals surface area (Å²) in [5, 5.41) is 12.9. The minimum atomic E-state index is -3.98. The second kappa shape index (κ2) is 5.53. The van der Waals surface area contributed by atoms with Crippen LogP contribution in [0.15, 0.2) is 26.2 Å². The lowest BCUT2D eigenvalue weighted by atomic mass is 10.3. The Bertz CT molecular complexity index is 793. The van der Waals surface area contributed by atoms with E-state index in [9.17, 15) is 13.2 Å². The molecule has 10 heteroatoms. The molecule has 0 atom stereocenters. The largest absolute Gasteiger partial charge is 0.475 e. The summed E-state index contributed by atoms with van der Waals surface area (Å²) in [5.41, 5.74) is 0.920. The van der Waals surface area contributed by atoms with Gasteiger partial charge < -0.3 is 9.52 Å². The number of carbonyl (C=O) groups is 1. The van der Waals surface area contributed by atoms with E-state index in [-0.39, 0.29) is 9.56 Å². The van der Waals surface area contributed by atoms with E-state index in [4.69, 9.17) is 9.52 Å². The highest BCUT2D eigenvalue weighted by atomic mass is 79.9. The number of rotatable bonds is 5. The van der Waals surface area contributed by atoms with Gasteiger partial charge in [-0.25, -0.2) is 13.2 Å². The molecular formula is C11H12BrN3O5S. The van der Waals surface area contributed by atoms with Gasteiger partial charge in [0.2, 0.25) is 5.76 Å². The normalized spacial score (nSPS) is 11.6. The van der Waals surface area contributed by atoms with E-state index < -0.39 is 21.8 Å². The van der Waals surface area contributed by atoms with Gasteiger partial charge in [-0.15, -0.1) is 0 Å². The van der Waals surface area contributed by atoms with Crippen LogP contribution in [0.4, 0.5) is 5.69 Å². The predicted octanol–water partition coefficient (Wildman–Crippen LogP) is 1.84. The number of halogens is 1. The molecule has 2 aromatic heterocycles. The molecule has 21 heavy (non-hydrogen) atoms. The van der Waals surface area contributed by atoms with Crippen molar-refractivity contribution in [2.75, 3.05) is 4.72 Å². The number of nitrogens with one attached hydrogen (secondary N) is 1. The monoisotopic (exact) mass is 377 g/mol. The fourth-order valence-corrected chi connectivity index (χ4v) is 3.73. The smallest absolute Gasteiger partial charge is 0.371 e. The van der Waals surface area contributed by atoms with E-state index in [1.54, 1.807) is 7.05 Å². The van der Waals surface area contributed by atoms with Gasteiger partial charge in [-0.2, -0.15) is 5.10 Å². The van der Waals surface area contributed by atoms with Crippen LogP contribution in [-0.2, 0) is 23.5 Å². The predicted molar refractivity (Wildman–Crippen MR) is 76.8 cm³/mol. The van der Waals surface area contributed by atoms with Crippen molar-refractivity contribution in [3.8, 4) is 0 Å². The average molecular weight is 378 g/mol. The molecular weight excluding hydrogens is 366 g/mol. The van der Waals surface area contributed by atoms with Gasteiger partial charge >= 0.3 is 5.97 Å². The van der Waals surface area contributed by atoms with Crippen LogP contribution in [0.25, 0.3) is 0 Å². The van der Waals surface area contributed by atoms with E-state index >= 15 is 0 Å². The van der Waals surface area contributed by atoms with Gasteiger partial charge in [0.05, 0.1) is 11.4 Å². The summed E-state index contributed by atoms with van der Waals surface area (Å²) in [6.45, 7) is 1.84. The number of carboxylic acids is 1. The van der Waals surface area contributed by atoms with Crippen molar-refractivity contribution in [3.05, 3.63) is 28.4 Å². The van der Waals surface area contributed by atoms with E-state index in [2.05, 4.69) is 25.8 Å². The van der Waals surface area contributed by atoms with Crippen molar-refractivity contribution >= 4 is 37.6 Å². The first-order valence-electron chi connectivity index (χ1n) is 5.82. The molecule has 0 bridgehead atoms. The molecule has 0 unspecified atom stereocenters. The number of furan rings is 1. The summed E-state index contributed by atoms with van der Waals surface area (Å²) in [4.78, 5) is 10.5.